The lowest BCUT2D eigenvalue weighted by atomic mass is 9.99. The summed E-state index contributed by atoms with van der Waals surface area (Å²) < 4.78 is 28.1. The van der Waals surface area contributed by atoms with Gasteiger partial charge in [0.1, 0.15) is 0 Å². The molecule has 0 aromatic heterocycles. The first kappa shape index (κ1) is 18.7. The summed E-state index contributed by atoms with van der Waals surface area (Å²) in [6.45, 7) is 4.73. The van der Waals surface area contributed by atoms with Crippen molar-refractivity contribution in [1.82, 2.24) is 4.90 Å². The fourth-order valence-corrected chi connectivity index (χ4v) is 4.69. The smallest absolute Gasteiger partial charge is 0.262 e. The van der Waals surface area contributed by atoms with Crippen molar-refractivity contribution in [3.8, 4) is 0 Å². The molecule has 1 N–H and O–H groups in total. The Morgan fingerprint density at radius 1 is 1.23 bits per heavy atom. The van der Waals surface area contributed by atoms with Gasteiger partial charge in [-0.05, 0) is 54.3 Å². The van der Waals surface area contributed by atoms with Crippen LogP contribution in [-0.2, 0) is 27.8 Å². The van der Waals surface area contributed by atoms with Gasteiger partial charge in [-0.25, -0.2) is 8.42 Å². The molecule has 3 rings (SSSR count). The zero-order chi connectivity index (χ0) is 18.9. The van der Waals surface area contributed by atoms with Crippen LogP contribution in [0.1, 0.15) is 30.0 Å². The van der Waals surface area contributed by atoms with E-state index in [0.717, 1.165) is 17.5 Å². The third-order valence-corrected chi connectivity index (χ3v) is 6.57. The molecular weight excluding hydrogens is 372 g/mol. The molecule has 0 aliphatic carbocycles. The van der Waals surface area contributed by atoms with E-state index in [2.05, 4.69) is 4.72 Å². The summed E-state index contributed by atoms with van der Waals surface area (Å²) in [5.41, 5.74) is 3.11. The Bertz CT molecular complexity index is 957. The zero-order valence-corrected chi connectivity index (χ0v) is 16.3. The average Bonchev–Trinajstić information content (AvgIpc) is 2.62. The second-order valence-electron chi connectivity index (χ2n) is 6.37. The Morgan fingerprint density at radius 2 is 2.00 bits per heavy atom. The number of carbonyl (C=O) groups excluding carboxylic acids is 1. The molecule has 0 saturated carbocycles. The first-order chi connectivity index (χ1) is 12.3. The number of nitrogens with one attached hydrogen (secondary N) is 1. The second kappa shape index (κ2) is 7.29. The number of rotatable bonds is 4. The van der Waals surface area contributed by atoms with E-state index in [9.17, 15) is 13.2 Å². The normalized spacial score (nSPS) is 14.0. The quantitative estimate of drug-likeness (QED) is 0.861. The van der Waals surface area contributed by atoms with Gasteiger partial charge in [0.05, 0.1) is 4.90 Å². The molecule has 2 aromatic carbocycles. The maximum absolute atomic E-state index is 12.7. The van der Waals surface area contributed by atoms with Crippen molar-refractivity contribution in [3.05, 3.63) is 58.1 Å². The van der Waals surface area contributed by atoms with E-state index in [0.29, 0.717) is 35.8 Å². The van der Waals surface area contributed by atoms with Gasteiger partial charge in [-0.3, -0.25) is 9.52 Å². The highest BCUT2D eigenvalue weighted by Crippen LogP contribution is 2.27. The van der Waals surface area contributed by atoms with Crippen LogP contribution >= 0.6 is 11.6 Å². The van der Waals surface area contributed by atoms with Crippen molar-refractivity contribution in [2.45, 2.75) is 38.1 Å². The third kappa shape index (κ3) is 3.71. The standard InChI is InChI=1S/C19H21ClN2O3S/c1-3-19(23)22-10-9-14-7-8-16(11-15(14)12-22)21-26(24,25)18-6-4-5-17(20)13(18)2/h4-8,11,21H,3,9-10,12H2,1-2H3. The number of hydrogen-bond donors (Lipinski definition) is 1. The number of carbonyl (C=O) groups is 1. The van der Waals surface area contributed by atoms with Gasteiger partial charge in [0, 0.05) is 30.2 Å². The molecule has 138 valence electrons. The molecule has 1 aliphatic rings. The summed E-state index contributed by atoms with van der Waals surface area (Å²) >= 11 is 6.05. The largest absolute Gasteiger partial charge is 0.338 e. The van der Waals surface area contributed by atoms with Gasteiger partial charge in [-0.15, -0.1) is 0 Å². The number of nitrogens with zero attached hydrogens (tertiary/aromatic N) is 1. The van der Waals surface area contributed by atoms with Crippen LogP contribution in [0.2, 0.25) is 5.02 Å². The molecule has 1 aliphatic heterocycles. The average molecular weight is 393 g/mol. The van der Waals surface area contributed by atoms with Crippen molar-refractivity contribution in [3.63, 3.8) is 0 Å². The van der Waals surface area contributed by atoms with Crippen LogP contribution in [0.5, 0.6) is 0 Å². The van der Waals surface area contributed by atoms with Gasteiger partial charge < -0.3 is 4.90 Å². The molecule has 26 heavy (non-hydrogen) atoms. The maximum atomic E-state index is 12.7. The first-order valence-electron chi connectivity index (χ1n) is 8.49. The lowest BCUT2D eigenvalue weighted by molar-refractivity contribution is -0.131. The lowest BCUT2D eigenvalue weighted by Crippen LogP contribution is -2.35. The molecule has 2 aromatic rings. The Labute approximate surface area is 159 Å². The van der Waals surface area contributed by atoms with Crippen LogP contribution in [0.15, 0.2) is 41.3 Å². The summed E-state index contributed by atoms with van der Waals surface area (Å²) in [6, 6.07) is 10.3. The van der Waals surface area contributed by atoms with E-state index in [1.165, 1.54) is 6.07 Å². The molecule has 5 nitrogen and oxygen atoms in total. The van der Waals surface area contributed by atoms with Crippen molar-refractivity contribution >= 4 is 33.2 Å². The molecule has 0 bridgehead atoms. The number of anilines is 1. The van der Waals surface area contributed by atoms with Gasteiger partial charge >= 0.3 is 0 Å². The summed E-state index contributed by atoms with van der Waals surface area (Å²) in [6.07, 6.45) is 1.25. The van der Waals surface area contributed by atoms with E-state index < -0.39 is 10.0 Å². The van der Waals surface area contributed by atoms with Crippen molar-refractivity contribution in [2.75, 3.05) is 11.3 Å². The van der Waals surface area contributed by atoms with Crippen LogP contribution < -0.4 is 4.72 Å². The van der Waals surface area contributed by atoms with Crippen LogP contribution in [0.25, 0.3) is 0 Å². The first-order valence-corrected chi connectivity index (χ1v) is 10.4. The SMILES string of the molecule is CCC(=O)N1CCc2ccc(NS(=O)(=O)c3cccc(Cl)c3C)cc2C1. The van der Waals surface area contributed by atoms with E-state index in [1.54, 1.807) is 25.1 Å². The molecule has 0 radical (unpaired) electrons. The summed E-state index contributed by atoms with van der Waals surface area (Å²) in [7, 11) is -3.74. The van der Waals surface area contributed by atoms with Crippen molar-refractivity contribution in [2.24, 2.45) is 0 Å². The number of sulfonamides is 1. The highest BCUT2D eigenvalue weighted by Gasteiger charge is 2.22. The lowest BCUT2D eigenvalue weighted by Gasteiger charge is -2.29. The predicted molar refractivity (Wildman–Crippen MR) is 103 cm³/mol. The van der Waals surface area contributed by atoms with Crippen LogP contribution in [-0.4, -0.2) is 25.8 Å². The predicted octanol–water partition coefficient (Wildman–Crippen LogP) is 3.74. The number of benzene rings is 2. The Morgan fingerprint density at radius 3 is 2.73 bits per heavy atom. The molecule has 0 unspecified atom stereocenters. The summed E-state index contributed by atoms with van der Waals surface area (Å²) in [4.78, 5) is 13.9. The van der Waals surface area contributed by atoms with E-state index in [4.69, 9.17) is 11.6 Å². The molecule has 0 fully saturated rings. The summed E-state index contributed by atoms with van der Waals surface area (Å²) in [5, 5.41) is 0.409. The zero-order valence-electron chi connectivity index (χ0n) is 14.8. The Balaban J connectivity index is 1.87. The van der Waals surface area contributed by atoms with Crippen LogP contribution in [0.3, 0.4) is 0 Å². The van der Waals surface area contributed by atoms with Gasteiger partial charge in [0.15, 0.2) is 0 Å². The topological polar surface area (TPSA) is 66.5 Å². The molecule has 7 heteroatoms. The Kier molecular flexibility index (Phi) is 5.25. The molecule has 1 amide bonds. The van der Waals surface area contributed by atoms with Crippen LogP contribution in [0.4, 0.5) is 5.69 Å². The van der Waals surface area contributed by atoms with Crippen molar-refractivity contribution in [1.29, 1.82) is 0 Å². The Hall–Kier alpha value is -2.05. The van der Waals surface area contributed by atoms with E-state index in [-0.39, 0.29) is 10.8 Å². The van der Waals surface area contributed by atoms with Crippen molar-refractivity contribution < 1.29 is 13.2 Å². The fourth-order valence-electron chi connectivity index (χ4n) is 3.15. The molecule has 0 spiro atoms. The molecule has 1 heterocycles. The van der Waals surface area contributed by atoms with E-state index in [1.807, 2.05) is 24.0 Å². The number of fused-ring (bicyclic) bond motifs is 1. The minimum atomic E-state index is -3.74. The molecule has 0 atom stereocenters. The highest BCUT2D eigenvalue weighted by molar-refractivity contribution is 7.92. The second-order valence-corrected chi connectivity index (χ2v) is 8.43. The van der Waals surface area contributed by atoms with Crippen LogP contribution in [0, 0.1) is 6.92 Å². The summed E-state index contributed by atoms with van der Waals surface area (Å²) in [5.74, 6) is 0.108. The molecular formula is C19H21ClN2O3S. The number of amides is 1. The highest BCUT2D eigenvalue weighted by atomic mass is 35.5. The van der Waals surface area contributed by atoms with Gasteiger partial charge in [-0.1, -0.05) is 30.7 Å². The van der Waals surface area contributed by atoms with Gasteiger partial charge in [0.25, 0.3) is 10.0 Å². The maximum Gasteiger partial charge on any atom is 0.262 e. The minimum absolute atomic E-state index is 0.108. The monoisotopic (exact) mass is 392 g/mol. The number of hydrogen-bond acceptors (Lipinski definition) is 3. The van der Waals surface area contributed by atoms with E-state index >= 15 is 0 Å². The third-order valence-electron chi connectivity index (χ3n) is 4.63. The fraction of sp³-hybridized carbons (Fsp3) is 0.316. The number of halogens is 1. The minimum Gasteiger partial charge on any atom is -0.338 e. The molecule has 0 saturated heterocycles. The van der Waals surface area contributed by atoms with Gasteiger partial charge in [-0.2, -0.15) is 0 Å². The van der Waals surface area contributed by atoms with Gasteiger partial charge in [0.2, 0.25) is 5.91 Å².